The first-order chi connectivity index (χ1) is 13.4. The quantitative estimate of drug-likeness (QED) is 0.424. The Morgan fingerprint density at radius 1 is 1.04 bits per heavy atom. The van der Waals surface area contributed by atoms with E-state index >= 15 is 0 Å². The highest BCUT2D eigenvalue weighted by molar-refractivity contribution is 7.99. The van der Waals surface area contributed by atoms with Crippen LogP contribution in [0.2, 0.25) is 20.1 Å². The first-order valence-corrected chi connectivity index (χ1v) is 10.6. The van der Waals surface area contributed by atoms with E-state index in [0.717, 1.165) is 5.56 Å². The minimum Gasteiger partial charge on any atom is -0.325 e. The largest absolute Gasteiger partial charge is 0.325 e. The van der Waals surface area contributed by atoms with E-state index in [0.29, 0.717) is 43.3 Å². The summed E-state index contributed by atoms with van der Waals surface area (Å²) in [6.07, 6.45) is 0. The zero-order valence-corrected chi connectivity index (χ0v) is 18.4. The molecular formula is C18H14Cl4N4OS. The van der Waals surface area contributed by atoms with Gasteiger partial charge in [0.25, 0.3) is 0 Å². The van der Waals surface area contributed by atoms with Gasteiger partial charge in [0.05, 0.1) is 20.8 Å². The number of nitrogens with zero attached hydrogens (tertiary/aromatic N) is 3. The molecule has 3 aromatic rings. The molecule has 0 atom stereocenters. The van der Waals surface area contributed by atoms with Crippen LogP contribution in [-0.2, 0) is 11.3 Å². The van der Waals surface area contributed by atoms with Gasteiger partial charge in [-0.25, -0.2) is 0 Å². The Bertz CT molecular complexity index is 1020. The fraction of sp³-hybridized carbons (Fsp3) is 0.167. The van der Waals surface area contributed by atoms with Crippen molar-refractivity contribution in [1.29, 1.82) is 0 Å². The van der Waals surface area contributed by atoms with E-state index in [9.17, 15) is 4.79 Å². The molecule has 1 amide bonds. The van der Waals surface area contributed by atoms with Crippen LogP contribution in [-0.4, -0.2) is 26.4 Å². The van der Waals surface area contributed by atoms with Crippen LogP contribution in [0.3, 0.4) is 0 Å². The fourth-order valence-electron chi connectivity index (χ4n) is 2.45. The van der Waals surface area contributed by atoms with Gasteiger partial charge < -0.3 is 9.88 Å². The number of rotatable bonds is 6. The van der Waals surface area contributed by atoms with Crippen LogP contribution in [0.5, 0.6) is 0 Å². The molecular weight excluding hydrogens is 462 g/mol. The number of amides is 1. The topological polar surface area (TPSA) is 59.8 Å². The third-order valence-electron chi connectivity index (χ3n) is 3.74. The molecule has 0 unspecified atom stereocenters. The molecule has 3 rings (SSSR count). The lowest BCUT2D eigenvalue weighted by atomic mass is 10.2. The lowest BCUT2D eigenvalue weighted by Gasteiger charge is -2.09. The second-order valence-corrected chi connectivity index (χ2v) is 8.24. The molecule has 0 saturated heterocycles. The van der Waals surface area contributed by atoms with Gasteiger partial charge in [0.1, 0.15) is 0 Å². The zero-order valence-electron chi connectivity index (χ0n) is 14.5. The molecule has 0 radical (unpaired) electrons. The van der Waals surface area contributed by atoms with Crippen molar-refractivity contribution in [2.45, 2.75) is 18.6 Å². The molecule has 0 aliphatic heterocycles. The van der Waals surface area contributed by atoms with E-state index in [1.165, 1.54) is 11.8 Å². The third kappa shape index (κ3) is 4.93. The van der Waals surface area contributed by atoms with Gasteiger partial charge in [0.2, 0.25) is 5.91 Å². The fourth-order valence-corrected chi connectivity index (χ4v) is 4.05. The predicted octanol–water partition coefficient (Wildman–Crippen LogP) is 6.31. The average molecular weight is 476 g/mol. The smallest absolute Gasteiger partial charge is 0.234 e. The Balaban J connectivity index is 1.71. The molecule has 1 aromatic heterocycles. The van der Waals surface area contributed by atoms with Crippen molar-refractivity contribution in [3.8, 4) is 11.4 Å². The number of hydrogen-bond donors (Lipinski definition) is 1. The molecule has 0 saturated carbocycles. The molecule has 10 heteroatoms. The molecule has 1 N–H and O–H groups in total. The lowest BCUT2D eigenvalue weighted by Crippen LogP contribution is -2.14. The van der Waals surface area contributed by atoms with Crippen LogP contribution in [0.1, 0.15) is 6.92 Å². The van der Waals surface area contributed by atoms with Crippen molar-refractivity contribution in [2.24, 2.45) is 0 Å². The number of aromatic nitrogens is 3. The number of nitrogens with one attached hydrogen (secondary N) is 1. The number of carbonyl (C=O) groups is 1. The monoisotopic (exact) mass is 474 g/mol. The van der Waals surface area contributed by atoms with E-state index < -0.39 is 0 Å². The maximum absolute atomic E-state index is 12.2. The van der Waals surface area contributed by atoms with Gasteiger partial charge >= 0.3 is 0 Å². The van der Waals surface area contributed by atoms with Crippen LogP contribution in [0.15, 0.2) is 41.6 Å². The van der Waals surface area contributed by atoms with Gasteiger partial charge in [0.15, 0.2) is 11.0 Å². The van der Waals surface area contributed by atoms with Crippen LogP contribution in [0.4, 0.5) is 5.69 Å². The Hall–Kier alpha value is -1.44. The van der Waals surface area contributed by atoms with Crippen molar-refractivity contribution in [3.05, 3.63) is 56.5 Å². The maximum atomic E-state index is 12.2. The first-order valence-electron chi connectivity index (χ1n) is 8.15. The Kier molecular flexibility index (Phi) is 7.12. The molecule has 0 bridgehead atoms. The van der Waals surface area contributed by atoms with Crippen molar-refractivity contribution in [3.63, 3.8) is 0 Å². The highest BCUT2D eigenvalue weighted by atomic mass is 35.5. The average Bonchev–Trinajstić information content (AvgIpc) is 3.05. The van der Waals surface area contributed by atoms with Crippen LogP contribution >= 0.6 is 58.2 Å². The number of anilines is 1. The molecule has 5 nitrogen and oxygen atoms in total. The minimum atomic E-state index is -0.194. The molecule has 146 valence electrons. The summed E-state index contributed by atoms with van der Waals surface area (Å²) in [5, 5.41) is 13.7. The van der Waals surface area contributed by atoms with Gasteiger partial charge in [-0.1, -0.05) is 58.2 Å². The molecule has 2 aromatic carbocycles. The van der Waals surface area contributed by atoms with Gasteiger partial charge in [-0.15, -0.1) is 10.2 Å². The normalized spacial score (nSPS) is 10.9. The second-order valence-electron chi connectivity index (χ2n) is 5.64. The number of benzene rings is 2. The Morgan fingerprint density at radius 3 is 2.50 bits per heavy atom. The van der Waals surface area contributed by atoms with Gasteiger partial charge in [0, 0.05) is 22.8 Å². The lowest BCUT2D eigenvalue weighted by molar-refractivity contribution is -0.113. The number of halogens is 4. The van der Waals surface area contributed by atoms with Crippen LogP contribution in [0.25, 0.3) is 11.4 Å². The van der Waals surface area contributed by atoms with Crippen molar-refractivity contribution in [2.75, 3.05) is 11.1 Å². The number of hydrogen-bond acceptors (Lipinski definition) is 4. The molecule has 0 aliphatic rings. The van der Waals surface area contributed by atoms with Crippen molar-refractivity contribution >= 4 is 69.8 Å². The first kappa shape index (κ1) is 21.3. The molecule has 0 fully saturated rings. The van der Waals surface area contributed by atoms with E-state index in [2.05, 4.69) is 15.5 Å². The summed E-state index contributed by atoms with van der Waals surface area (Å²) in [6, 6.07) is 10.1. The van der Waals surface area contributed by atoms with Crippen LogP contribution in [0, 0.1) is 0 Å². The highest BCUT2D eigenvalue weighted by Crippen LogP contribution is 2.31. The summed E-state index contributed by atoms with van der Waals surface area (Å²) in [7, 11) is 0. The standard InChI is InChI=1S/C18H14Cl4N4OS/c1-2-26-17(12-5-3-10(19)7-14(12)21)24-25-18(26)28-9-16(27)23-11-4-6-13(20)15(22)8-11/h3-8H,2,9H2,1H3,(H,23,27). The Labute approximate surface area is 186 Å². The second kappa shape index (κ2) is 9.37. The maximum Gasteiger partial charge on any atom is 0.234 e. The summed E-state index contributed by atoms with van der Waals surface area (Å²) in [5.74, 6) is 0.587. The van der Waals surface area contributed by atoms with E-state index in [1.807, 2.05) is 11.5 Å². The molecule has 1 heterocycles. The van der Waals surface area contributed by atoms with E-state index in [-0.39, 0.29) is 11.7 Å². The van der Waals surface area contributed by atoms with Gasteiger partial charge in [-0.2, -0.15) is 0 Å². The zero-order chi connectivity index (χ0) is 20.3. The summed E-state index contributed by atoms with van der Waals surface area (Å²) >= 11 is 25.4. The van der Waals surface area contributed by atoms with E-state index in [4.69, 9.17) is 46.4 Å². The third-order valence-corrected chi connectivity index (χ3v) is 5.99. The summed E-state index contributed by atoms with van der Waals surface area (Å²) in [4.78, 5) is 12.2. The number of carbonyl (C=O) groups excluding carboxylic acids is 1. The summed E-state index contributed by atoms with van der Waals surface area (Å²) in [5.41, 5.74) is 1.30. The summed E-state index contributed by atoms with van der Waals surface area (Å²) in [6.45, 7) is 2.59. The summed E-state index contributed by atoms with van der Waals surface area (Å²) < 4.78 is 1.90. The van der Waals surface area contributed by atoms with Crippen LogP contribution < -0.4 is 5.32 Å². The van der Waals surface area contributed by atoms with Crippen molar-refractivity contribution in [1.82, 2.24) is 14.8 Å². The molecule has 0 aliphatic carbocycles. The highest BCUT2D eigenvalue weighted by Gasteiger charge is 2.17. The predicted molar refractivity (Wildman–Crippen MR) is 117 cm³/mol. The SMILES string of the molecule is CCn1c(SCC(=O)Nc2ccc(Cl)c(Cl)c2)nnc1-c1ccc(Cl)cc1Cl. The molecule has 0 spiro atoms. The Morgan fingerprint density at radius 2 is 1.82 bits per heavy atom. The van der Waals surface area contributed by atoms with E-state index in [1.54, 1.807) is 36.4 Å². The minimum absolute atomic E-state index is 0.159. The number of thioether (sulfide) groups is 1. The van der Waals surface area contributed by atoms with Gasteiger partial charge in [-0.05, 0) is 43.3 Å². The van der Waals surface area contributed by atoms with Gasteiger partial charge in [-0.3, -0.25) is 4.79 Å². The molecule has 28 heavy (non-hydrogen) atoms. The van der Waals surface area contributed by atoms with Crippen molar-refractivity contribution < 1.29 is 4.79 Å².